The molecule has 0 bridgehead atoms. The number of carbonyl (C=O) groups is 2. The summed E-state index contributed by atoms with van der Waals surface area (Å²) in [7, 11) is 0. The van der Waals surface area contributed by atoms with Crippen LogP contribution in [0.4, 0.5) is 5.69 Å². The minimum absolute atomic E-state index is 0.0571. The van der Waals surface area contributed by atoms with Gasteiger partial charge in [-0.1, -0.05) is 0 Å². The molecular weight excluding hydrogens is 246 g/mol. The second-order valence-corrected chi connectivity index (χ2v) is 4.10. The predicted molar refractivity (Wildman–Crippen MR) is 72.2 cm³/mol. The Bertz CT molecular complexity index is 458. The van der Waals surface area contributed by atoms with Crippen LogP contribution in [0.5, 0.6) is 0 Å². The first-order valence-electron chi connectivity index (χ1n) is 6.23. The lowest BCUT2D eigenvalue weighted by atomic mass is 10.2. The second-order valence-electron chi connectivity index (χ2n) is 4.10. The number of rotatable bonds is 6. The summed E-state index contributed by atoms with van der Waals surface area (Å²) >= 11 is 0. The van der Waals surface area contributed by atoms with E-state index in [9.17, 15) is 9.59 Å². The van der Waals surface area contributed by atoms with E-state index in [1.807, 2.05) is 13.8 Å². The maximum Gasteiger partial charge on any atom is 0.339 e. The minimum Gasteiger partial charge on any atom is -0.478 e. The lowest BCUT2D eigenvalue weighted by Crippen LogP contribution is -2.41. The quantitative estimate of drug-likeness (QED) is 0.813. The van der Waals surface area contributed by atoms with Crippen molar-refractivity contribution in [3.63, 3.8) is 0 Å². The van der Waals surface area contributed by atoms with Gasteiger partial charge in [0.25, 0.3) is 0 Å². The number of carboxylic acids is 1. The third-order valence-corrected chi connectivity index (χ3v) is 2.87. The van der Waals surface area contributed by atoms with Crippen molar-refractivity contribution in [3.05, 3.63) is 24.0 Å². The van der Waals surface area contributed by atoms with Crippen molar-refractivity contribution < 1.29 is 14.7 Å². The number of nitrogens with zero attached hydrogens (tertiary/aromatic N) is 2. The van der Waals surface area contributed by atoms with Crippen LogP contribution in [0, 0.1) is 0 Å². The first kappa shape index (κ1) is 14.9. The summed E-state index contributed by atoms with van der Waals surface area (Å²) in [5.74, 6) is -1.13. The fraction of sp³-hybridized carbons (Fsp3) is 0.462. The highest BCUT2D eigenvalue weighted by Crippen LogP contribution is 2.15. The molecule has 0 saturated heterocycles. The van der Waals surface area contributed by atoms with Gasteiger partial charge in [0.2, 0.25) is 5.91 Å². The lowest BCUT2D eigenvalue weighted by Gasteiger charge is -2.24. The summed E-state index contributed by atoms with van der Waals surface area (Å²) in [6, 6.07) is 1.07. The van der Waals surface area contributed by atoms with E-state index in [0.29, 0.717) is 18.8 Å². The molecule has 19 heavy (non-hydrogen) atoms. The molecule has 0 fully saturated rings. The van der Waals surface area contributed by atoms with Crippen LogP contribution in [0.15, 0.2) is 18.5 Å². The highest BCUT2D eigenvalue weighted by Gasteiger charge is 2.20. The molecule has 0 aliphatic rings. The van der Waals surface area contributed by atoms with Gasteiger partial charge in [0.05, 0.1) is 5.69 Å². The summed E-state index contributed by atoms with van der Waals surface area (Å²) in [6.07, 6.45) is 2.75. The Balaban J connectivity index is 2.85. The SMILES string of the molecule is CCN(CC)C(=O)C(C)Nc1ccncc1C(=O)O. The summed E-state index contributed by atoms with van der Waals surface area (Å²) in [4.78, 5) is 28.6. The van der Waals surface area contributed by atoms with Crippen molar-refractivity contribution in [1.82, 2.24) is 9.88 Å². The summed E-state index contributed by atoms with van der Waals surface area (Å²) < 4.78 is 0. The van der Waals surface area contributed by atoms with Crippen LogP contribution in [-0.2, 0) is 4.79 Å². The Labute approximate surface area is 112 Å². The van der Waals surface area contributed by atoms with Gasteiger partial charge in [-0.3, -0.25) is 9.78 Å². The minimum atomic E-state index is -1.07. The number of nitrogens with one attached hydrogen (secondary N) is 1. The van der Waals surface area contributed by atoms with E-state index >= 15 is 0 Å². The Morgan fingerprint density at radius 1 is 1.42 bits per heavy atom. The molecule has 1 aromatic heterocycles. The van der Waals surface area contributed by atoms with Gasteiger partial charge in [-0.25, -0.2) is 4.79 Å². The zero-order valence-electron chi connectivity index (χ0n) is 11.4. The third-order valence-electron chi connectivity index (χ3n) is 2.87. The average molecular weight is 265 g/mol. The molecule has 0 aliphatic heterocycles. The molecule has 0 spiro atoms. The van der Waals surface area contributed by atoms with Crippen molar-refractivity contribution in [3.8, 4) is 0 Å². The van der Waals surface area contributed by atoms with Gasteiger partial charge in [-0.15, -0.1) is 0 Å². The van der Waals surface area contributed by atoms with Gasteiger partial charge in [0, 0.05) is 25.5 Å². The predicted octanol–water partition coefficient (Wildman–Crippen LogP) is 1.45. The van der Waals surface area contributed by atoms with Crippen molar-refractivity contribution in [2.45, 2.75) is 26.8 Å². The molecular formula is C13H19N3O3. The molecule has 0 saturated carbocycles. The number of carbonyl (C=O) groups excluding carboxylic acids is 1. The Kier molecular flexibility index (Phi) is 5.29. The molecule has 1 atom stereocenters. The highest BCUT2D eigenvalue weighted by molar-refractivity contribution is 5.95. The van der Waals surface area contributed by atoms with Crippen molar-refractivity contribution >= 4 is 17.6 Å². The second kappa shape index (κ2) is 6.72. The zero-order chi connectivity index (χ0) is 14.4. The lowest BCUT2D eigenvalue weighted by molar-refractivity contribution is -0.131. The summed E-state index contributed by atoms with van der Waals surface area (Å²) in [5, 5.41) is 12.0. The first-order chi connectivity index (χ1) is 9.01. The largest absolute Gasteiger partial charge is 0.478 e. The van der Waals surface area contributed by atoms with Crippen molar-refractivity contribution in [2.75, 3.05) is 18.4 Å². The average Bonchev–Trinajstić information content (AvgIpc) is 2.40. The molecule has 104 valence electrons. The van der Waals surface area contributed by atoms with Gasteiger partial charge in [-0.2, -0.15) is 0 Å². The van der Waals surface area contributed by atoms with Gasteiger partial charge in [-0.05, 0) is 26.8 Å². The standard InChI is InChI=1S/C13H19N3O3/c1-4-16(5-2)12(17)9(3)15-11-6-7-14-8-10(11)13(18)19/h6-9H,4-5H2,1-3H3,(H,14,15)(H,18,19). The molecule has 1 rings (SSSR count). The van der Waals surface area contributed by atoms with E-state index in [1.54, 1.807) is 17.9 Å². The molecule has 1 aromatic rings. The summed E-state index contributed by atoms with van der Waals surface area (Å²) in [5.41, 5.74) is 0.456. The maximum atomic E-state index is 12.1. The topological polar surface area (TPSA) is 82.5 Å². The Morgan fingerprint density at radius 2 is 2.05 bits per heavy atom. The summed E-state index contributed by atoms with van der Waals surface area (Å²) in [6.45, 7) is 6.78. The molecule has 1 heterocycles. The van der Waals surface area contributed by atoms with Crippen LogP contribution >= 0.6 is 0 Å². The number of pyridine rings is 1. The number of aromatic carboxylic acids is 1. The number of hydrogen-bond acceptors (Lipinski definition) is 4. The normalized spacial score (nSPS) is 11.7. The zero-order valence-corrected chi connectivity index (χ0v) is 11.4. The Hall–Kier alpha value is -2.11. The maximum absolute atomic E-state index is 12.1. The van der Waals surface area contributed by atoms with E-state index in [0.717, 1.165) is 0 Å². The van der Waals surface area contributed by atoms with Gasteiger partial charge < -0.3 is 15.3 Å². The molecule has 0 aromatic carbocycles. The highest BCUT2D eigenvalue weighted by atomic mass is 16.4. The van der Waals surface area contributed by atoms with Crippen LogP contribution in [0.2, 0.25) is 0 Å². The molecule has 1 unspecified atom stereocenters. The van der Waals surface area contributed by atoms with Crippen LogP contribution in [0.25, 0.3) is 0 Å². The van der Waals surface area contributed by atoms with E-state index < -0.39 is 12.0 Å². The molecule has 6 nitrogen and oxygen atoms in total. The molecule has 0 aliphatic carbocycles. The van der Waals surface area contributed by atoms with Crippen LogP contribution < -0.4 is 5.32 Å². The van der Waals surface area contributed by atoms with Crippen LogP contribution in [0.3, 0.4) is 0 Å². The van der Waals surface area contributed by atoms with E-state index in [4.69, 9.17) is 5.11 Å². The Morgan fingerprint density at radius 3 is 2.58 bits per heavy atom. The number of likely N-dealkylation sites (N-methyl/N-ethyl adjacent to an activating group) is 1. The van der Waals surface area contributed by atoms with E-state index in [-0.39, 0.29) is 11.5 Å². The van der Waals surface area contributed by atoms with Crippen molar-refractivity contribution in [2.24, 2.45) is 0 Å². The smallest absolute Gasteiger partial charge is 0.339 e. The molecule has 2 N–H and O–H groups in total. The molecule has 1 amide bonds. The fourth-order valence-corrected chi connectivity index (χ4v) is 1.79. The third kappa shape index (κ3) is 3.67. The number of anilines is 1. The van der Waals surface area contributed by atoms with Gasteiger partial charge in [0.1, 0.15) is 11.6 Å². The molecule has 6 heteroatoms. The van der Waals surface area contributed by atoms with Gasteiger partial charge in [0.15, 0.2) is 0 Å². The van der Waals surface area contributed by atoms with E-state index in [2.05, 4.69) is 10.3 Å². The van der Waals surface area contributed by atoms with E-state index in [1.165, 1.54) is 12.4 Å². The number of hydrogen-bond donors (Lipinski definition) is 2. The van der Waals surface area contributed by atoms with Gasteiger partial charge >= 0.3 is 5.97 Å². The number of amides is 1. The molecule has 0 radical (unpaired) electrons. The van der Waals surface area contributed by atoms with Crippen LogP contribution in [0.1, 0.15) is 31.1 Å². The number of carboxylic acid groups (broad SMARTS) is 1. The van der Waals surface area contributed by atoms with Crippen molar-refractivity contribution in [1.29, 1.82) is 0 Å². The first-order valence-corrected chi connectivity index (χ1v) is 6.23. The van der Waals surface area contributed by atoms with Crippen LogP contribution in [-0.4, -0.2) is 46.0 Å². The fourth-order valence-electron chi connectivity index (χ4n) is 1.79. The monoisotopic (exact) mass is 265 g/mol. The number of aromatic nitrogens is 1.